The van der Waals surface area contributed by atoms with Crippen LogP contribution < -0.4 is 10.2 Å². The summed E-state index contributed by atoms with van der Waals surface area (Å²) in [7, 11) is 0. The zero-order chi connectivity index (χ0) is 21.8. The summed E-state index contributed by atoms with van der Waals surface area (Å²) in [5.41, 5.74) is 3.28. The second kappa shape index (κ2) is 9.58. The molecule has 0 bridgehead atoms. The topological polar surface area (TPSA) is 61.9 Å². The summed E-state index contributed by atoms with van der Waals surface area (Å²) in [6.07, 6.45) is 0.139. The Kier molecular flexibility index (Phi) is 6.63. The van der Waals surface area contributed by atoms with Gasteiger partial charge in [0.2, 0.25) is 11.8 Å². The van der Waals surface area contributed by atoms with Crippen LogP contribution in [0.2, 0.25) is 0 Å². The van der Waals surface area contributed by atoms with E-state index in [0.29, 0.717) is 17.8 Å². The van der Waals surface area contributed by atoms with Gasteiger partial charge >= 0.3 is 0 Å². The molecule has 1 atom stereocenters. The fourth-order valence-electron chi connectivity index (χ4n) is 4.00. The smallest absolute Gasteiger partial charge is 0.227 e. The molecular weight excluding hydrogens is 397 g/mol. The van der Waals surface area contributed by atoms with Crippen LogP contribution in [0.5, 0.6) is 0 Å². The maximum atomic E-state index is 13.9. The first-order chi connectivity index (χ1) is 15.0. The predicted octanol–water partition coefficient (Wildman–Crippen LogP) is 2.64. The number of aryl methyl sites for hydroxylation is 1. The van der Waals surface area contributed by atoms with Gasteiger partial charge in [-0.3, -0.25) is 14.5 Å². The number of morpholine rings is 1. The van der Waals surface area contributed by atoms with Crippen molar-refractivity contribution in [3.63, 3.8) is 0 Å². The van der Waals surface area contributed by atoms with Crippen molar-refractivity contribution in [1.82, 2.24) is 10.2 Å². The molecule has 2 saturated heterocycles. The van der Waals surface area contributed by atoms with E-state index in [1.165, 1.54) is 16.5 Å². The van der Waals surface area contributed by atoms with Gasteiger partial charge in [-0.1, -0.05) is 30.3 Å². The Labute approximate surface area is 182 Å². The molecule has 0 aliphatic carbocycles. The van der Waals surface area contributed by atoms with E-state index in [-0.39, 0.29) is 30.6 Å². The van der Waals surface area contributed by atoms with Gasteiger partial charge in [0.1, 0.15) is 5.82 Å². The minimum absolute atomic E-state index is 0.139. The fourth-order valence-corrected chi connectivity index (χ4v) is 4.00. The number of amides is 2. The number of ether oxygens (including phenoxy) is 1. The highest BCUT2D eigenvalue weighted by Crippen LogP contribution is 2.26. The second-order valence-corrected chi connectivity index (χ2v) is 8.26. The van der Waals surface area contributed by atoms with Crippen LogP contribution in [0.1, 0.15) is 23.1 Å². The van der Waals surface area contributed by atoms with E-state index in [0.717, 1.165) is 38.4 Å². The van der Waals surface area contributed by atoms with Gasteiger partial charge < -0.3 is 15.0 Å². The molecule has 2 heterocycles. The lowest BCUT2D eigenvalue weighted by atomic mass is 10.1. The summed E-state index contributed by atoms with van der Waals surface area (Å²) >= 11 is 0. The van der Waals surface area contributed by atoms with Gasteiger partial charge in [0.25, 0.3) is 0 Å². The zero-order valence-corrected chi connectivity index (χ0v) is 17.8. The lowest BCUT2D eigenvalue weighted by molar-refractivity contribution is -0.126. The summed E-state index contributed by atoms with van der Waals surface area (Å²) in [5, 5.41) is 2.94. The van der Waals surface area contributed by atoms with E-state index >= 15 is 0 Å². The number of hydrogen-bond acceptors (Lipinski definition) is 4. The van der Waals surface area contributed by atoms with Gasteiger partial charge in [0.05, 0.1) is 19.1 Å². The quantitative estimate of drug-likeness (QED) is 0.773. The molecular formula is C24H28FN3O3. The summed E-state index contributed by atoms with van der Waals surface area (Å²) in [4.78, 5) is 28.8. The third kappa shape index (κ3) is 5.29. The number of halogens is 1. The predicted molar refractivity (Wildman–Crippen MR) is 116 cm³/mol. The molecule has 0 radical (unpaired) electrons. The maximum Gasteiger partial charge on any atom is 0.227 e. The fraction of sp³-hybridized carbons (Fsp3) is 0.417. The van der Waals surface area contributed by atoms with E-state index < -0.39 is 5.92 Å². The van der Waals surface area contributed by atoms with E-state index in [2.05, 4.69) is 22.3 Å². The third-order valence-corrected chi connectivity index (χ3v) is 5.96. The molecule has 2 aromatic rings. The standard InChI is InChI=1S/C24H28FN3O3/c1-17-2-7-21(13-22(17)25)28-16-20(12-23(28)29)24(30)26-14-18-3-5-19(6-4-18)15-27-8-10-31-11-9-27/h2-7,13,20H,8-12,14-16H2,1H3,(H,26,30)/t20-/m1/s1. The van der Waals surface area contributed by atoms with E-state index in [4.69, 9.17) is 4.74 Å². The normalized spacial score (nSPS) is 19.6. The Hall–Kier alpha value is -2.77. The highest BCUT2D eigenvalue weighted by molar-refractivity contribution is 6.00. The molecule has 0 saturated carbocycles. The Bertz CT molecular complexity index is 942. The number of carbonyl (C=O) groups excluding carboxylic acids is 2. The number of nitrogens with zero attached hydrogens (tertiary/aromatic N) is 2. The van der Waals surface area contributed by atoms with Gasteiger partial charge in [0, 0.05) is 44.8 Å². The monoisotopic (exact) mass is 425 g/mol. The zero-order valence-electron chi connectivity index (χ0n) is 17.8. The Morgan fingerprint density at radius 2 is 1.84 bits per heavy atom. The molecule has 1 N–H and O–H groups in total. The van der Waals surface area contributed by atoms with Crippen LogP contribution in [0.3, 0.4) is 0 Å². The molecule has 31 heavy (non-hydrogen) atoms. The van der Waals surface area contributed by atoms with Crippen LogP contribution in [-0.2, 0) is 27.4 Å². The Balaban J connectivity index is 1.28. The van der Waals surface area contributed by atoms with Crippen LogP contribution in [0, 0.1) is 18.7 Å². The summed E-state index contributed by atoms with van der Waals surface area (Å²) < 4.78 is 19.2. The van der Waals surface area contributed by atoms with Gasteiger partial charge in [-0.15, -0.1) is 0 Å². The van der Waals surface area contributed by atoms with Crippen LogP contribution in [0.15, 0.2) is 42.5 Å². The summed E-state index contributed by atoms with van der Waals surface area (Å²) in [6, 6.07) is 12.9. The molecule has 6 nitrogen and oxygen atoms in total. The van der Waals surface area contributed by atoms with Gasteiger partial charge in [-0.25, -0.2) is 4.39 Å². The number of hydrogen-bond donors (Lipinski definition) is 1. The van der Waals surface area contributed by atoms with Gasteiger partial charge in [-0.2, -0.15) is 0 Å². The average Bonchev–Trinajstić information content (AvgIpc) is 3.17. The first-order valence-corrected chi connectivity index (χ1v) is 10.7. The summed E-state index contributed by atoms with van der Waals surface area (Å²) in [5.74, 6) is -1.09. The minimum atomic E-state index is -0.433. The first-order valence-electron chi connectivity index (χ1n) is 10.7. The van der Waals surface area contributed by atoms with E-state index in [9.17, 15) is 14.0 Å². The lowest BCUT2D eigenvalue weighted by Gasteiger charge is -2.26. The number of nitrogens with one attached hydrogen (secondary N) is 1. The van der Waals surface area contributed by atoms with Crippen LogP contribution in [0.25, 0.3) is 0 Å². The average molecular weight is 426 g/mol. The van der Waals surface area contributed by atoms with Crippen molar-refractivity contribution in [3.8, 4) is 0 Å². The molecule has 0 aromatic heterocycles. The lowest BCUT2D eigenvalue weighted by Crippen LogP contribution is -2.35. The number of rotatable bonds is 6. The van der Waals surface area contributed by atoms with Crippen LogP contribution in [-0.4, -0.2) is 49.6 Å². The summed E-state index contributed by atoms with van der Waals surface area (Å²) in [6.45, 7) is 6.72. The molecule has 164 valence electrons. The highest BCUT2D eigenvalue weighted by Gasteiger charge is 2.35. The van der Waals surface area contributed by atoms with Crippen molar-refractivity contribution in [2.24, 2.45) is 5.92 Å². The van der Waals surface area contributed by atoms with Crippen molar-refractivity contribution >= 4 is 17.5 Å². The molecule has 0 spiro atoms. The molecule has 7 heteroatoms. The molecule has 2 aliphatic heterocycles. The van der Waals surface area contributed by atoms with Gasteiger partial charge in [-0.05, 0) is 35.7 Å². The van der Waals surface area contributed by atoms with Crippen molar-refractivity contribution in [2.45, 2.75) is 26.4 Å². The number of anilines is 1. The SMILES string of the molecule is Cc1ccc(N2C[C@H](C(=O)NCc3ccc(CN4CCOCC4)cc3)CC2=O)cc1F. The minimum Gasteiger partial charge on any atom is -0.379 e. The van der Waals surface area contributed by atoms with Crippen molar-refractivity contribution in [3.05, 3.63) is 65.0 Å². The van der Waals surface area contributed by atoms with Crippen LogP contribution in [0.4, 0.5) is 10.1 Å². The van der Waals surface area contributed by atoms with E-state index in [1.807, 2.05) is 12.1 Å². The van der Waals surface area contributed by atoms with E-state index in [1.54, 1.807) is 19.1 Å². The van der Waals surface area contributed by atoms with Gasteiger partial charge in [0.15, 0.2) is 0 Å². The molecule has 0 unspecified atom stereocenters. The first kappa shape index (κ1) is 21.5. The highest BCUT2D eigenvalue weighted by atomic mass is 19.1. The van der Waals surface area contributed by atoms with Crippen molar-refractivity contribution in [2.75, 3.05) is 37.7 Å². The largest absolute Gasteiger partial charge is 0.379 e. The molecule has 2 aliphatic rings. The molecule has 4 rings (SSSR count). The van der Waals surface area contributed by atoms with Crippen molar-refractivity contribution in [1.29, 1.82) is 0 Å². The maximum absolute atomic E-state index is 13.9. The Morgan fingerprint density at radius 1 is 1.13 bits per heavy atom. The molecule has 2 fully saturated rings. The number of benzene rings is 2. The molecule has 2 amide bonds. The number of carbonyl (C=O) groups is 2. The van der Waals surface area contributed by atoms with Crippen molar-refractivity contribution < 1.29 is 18.7 Å². The second-order valence-electron chi connectivity index (χ2n) is 8.26. The molecule has 2 aromatic carbocycles. The van der Waals surface area contributed by atoms with Crippen LogP contribution >= 0.6 is 0 Å². The third-order valence-electron chi connectivity index (χ3n) is 5.96. The Morgan fingerprint density at radius 3 is 2.55 bits per heavy atom.